The van der Waals surface area contributed by atoms with E-state index in [-0.39, 0.29) is 5.91 Å². The highest BCUT2D eigenvalue weighted by Gasteiger charge is 2.06. The summed E-state index contributed by atoms with van der Waals surface area (Å²) in [6.07, 6.45) is 3.64. The van der Waals surface area contributed by atoms with Crippen molar-refractivity contribution in [2.75, 3.05) is 23.4 Å². The van der Waals surface area contributed by atoms with Gasteiger partial charge in [0.2, 0.25) is 5.91 Å². The van der Waals surface area contributed by atoms with E-state index in [0.29, 0.717) is 12.4 Å². The van der Waals surface area contributed by atoms with Crippen LogP contribution < -0.4 is 10.1 Å². The zero-order valence-electron chi connectivity index (χ0n) is 11.8. The molecule has 1 N–H and O–H groups in total. The normalized spacial score (nSPS) is 10.2. The third-order valence-electron chi connectivity index (χ3n) is 2.59. The lowest BCUT2D eigenvalue weighted by Crippen LogP contribution is -2.15. The van der Waals surface area contributed by atoms with Crippen LogP contribution in [0.1, 0.15) is 33.1 Å². The predicted molar refractivity (Wildman–Crippen MR) is 83.1 cm³/mol. The van der Waals surface area contributed by atoms with Gasteiger partial charge in [0.25, 0.3) is 0 Å². The molecule has 3 nitrogen and oxygen atoms in total. The molecule has 0 aliphatic carbocycles. The number of carbonyl (C=O) groups is 1. The van der Waals surface area contributed by atoms with Gasteiger partial charge in [-0.15, -0.1) is 0 Å². The maximum atomic E-state index is 11.8. The molecule has 106 valence electrons. The monoisotopic (exact) mass is 281 g/mol. The molecule has 0 saturated heterocycles. The summed E-state index contributed by atoms with van der Waals surface area (Å²) in [7, 11) is 0. The van der Waals surface area contributed by atoms with Gasteiger partial charge in [-0.1, -0.05) is 31.9 Å². The number of anilines is 1. The van der Waals surface area contributed by atoms with E-state index in [2.05, 4.69) is 12.2 Å². The molecule has 1 aromatic rings. The summed E-state index contributed by atoms with van der Waals surface area (Å²) in [4.78, 5) is 11.8. The van der Waals surface area contributed by atoms with Crippen molar-refractivity contribution in [1.29, 1.82) is 0 Å². The number of hydrogen-bond acceptors (Lipinski definition) is 3. The van der Waals surface area contributed by atoms with Gasteiger partial charge in [0.1, 0.15) is 5.75 Å². The minimum absolute atomic E-state index is 0.0358. The zero-order valence-corrected chi connectivity index (χ0v) is 12.6. The quantitative estimate of drug-likeness (QED) is 0.697. The number of rotatable bonds is 9. The fourth-order valence-electron chi connectivity index (χ4n) is 1.66. The summed E-state index contributed by atoms with van der Waals surface area (Å²) >= 11 is 1.69. The van der Waals surface area contributed by atoms with Crippen LogP contribution in [-0.4, -0.2) is 24.0 Å². The minimum Gasteiger partial charge on any atom is -0.492 e. The predicted octanol–water partition coefficient (Wildman–Crippen LogP) is 3.95. The maximum absolute atomic E-state index is 11.8. The molecular weight excluding hydrogens is 258 g/mol. The van der Waals surface area contributed by atoms with Gasteiger partial charge in [0, 0.05) is 0 Å². The lowest BCUT2D eigenvalue weighted by Gasteiger charge is -2.11. The van der Waals surface area contributed by atoms with E-state index < -0.39 is 0 Å². The van der Waals surface area contributed by atoms with Crippen LogP contribution in [0.5, 0.6) is 5.75 Å². The van der Waals surface area contributed by atoms with Crippen LogP contribution in [0.3, 0.4) is 0 Å². The number of hydrogen-bond donors (Lipinski definition) is 1. The fraction of sp³-hybridized carbons (Fsp3) is 0.533. The number of ether oxygens (including phenoxy) is 1. The standard InChI is InChI=1S/C15H23NO2S/c1-3-5-8-11-19-12-15(17)16-13-9-6-7-10-14(13)18-4-2/h6-7,9-10H,3-5,8,11-12H2,1-2H3,(H,16,17). The second-order valence-electron chi connectivity index (χ2n) is 4.24. The lowest BCUT2D eigenvalue weighted by atomic mass is 10.3. The molecule has 0 aliphatic rings. The third kappa shape index (κ3) is 6.53. The van der Waals surface area contributed by atoms with Crippen molar-refractivity contribution in [2.45, 2.75) is 33.1 Å². The van der Waals surface area contributed by atoms with E-state index in [4.69, 9.17) is 4.74 Å². The van der Waals surface area contributed by atoms with E-state index in [1.54, 1.807) is 11.8 Å². The van der Waals surface area contributed by atoms with Crippen LogP contribution in [0.4, 0.5) is 5.69 Å². The molecule has 1 amide bonds. The number of benzene rings is 1. The first-order chi connectivity index (χ1) is 9.27. The number of nitrogens with one attached hydrogen (secondary N) is 1. The van der Waals surface area contributed by atoms with Gasteiger partial charge in [0.05, 0.1) is 18.0 Å². The number of carbonyl (C=O) groups excluding carboxylic acids is 1. The van der Waals surface area contributed by atoms with Crippen LogP contribution in [0.25, 0.3) is 0 Å². The molecule has 0 bridgehead atoms. The van der Waals surface area contributed by atoms with E-state index in [1.165, 1.54) is 19.3 Å². The van der Waals surface area contributed by atoms with Gasteiger partial charge in [-0.3, -0.25) is 4.79 Å². The molecule has 0 radical (unpaired) electrons. The molecule has 0 unspecified atom stereocenters. The zero-order chi connectivity index (χ0) is 13.9. The molecule has 4 heteroatoms. The summed E-state index contributed by atoms with van der Waals surface area (Å²) in [5.74, 6) is 2.32. The van der Waals surface area contributed by atoms with E-state index >= 15 is 0 Å². The van der Waals surface area contributed by atoms with Crippen LogP contribution in [0, 0.1) is 0 Å². The molecule has 0 saturated carbocycles. The molecular formula is C15H23NO2S. The molecule has 0 aliphatic heterocycles. The Bertz CT molecular complexity index is 382. The topological polar surface area (TPSA) is 38.3 Å². The van der Waals surface area contributed by atoms with Gasteiger partial charge < -0.3 is 10.1 Å². The van der Waals surface area contributed by atoms with Crippen molar-refractivity contribution in [2.24, 2.45) is 0 Å². The Kier molecular flexibility index (Phi) is 8.14. The second kappa shape index (κ2) is 9.73. The summed E-state index contributed by atoms with van der Waals surface area (Å²) in [5.41, 5.74) is 0.753. The molecule has 1 aromatic carbocycles. The van der Waals surface area contributed by atoms with Crippen molar-refractivity contribution < 1.29 is 9.53 Å². The van der Waals surface area contributed by atoms with Gasteiger partial charge in [-0.05, 0) is 31.2 Å². The van der Waals surface area contributed by atoms with Crippen molar-refractivity contribution >= 4 is 23.4 Å². The third-order valence-corrected chi connectivity index (χ3v) is 3.63. The first-order valence-corrected chi connectivity index (χ1v) is 8.02. The Balaban J connectivity index is 2.35. The number of thioether (sulfide) groups is 1. The Labute approximate surface area is 120 Å². The van der Waals surface area contributed by atoms with Gasteiger partial charge in [-0.2, -0.15) is 11.8 Å². The summed E-state index contributed by atoms with van der Waals surface area (Å²) in [5, 5.41) is 2.90. The summed E-state index contributed by atoms with van der Waals surface area (Å²) < 4.78 is 5.47. The Hall–Kier alpha value is -1.16. The average molecular weight is 281 g/mol. The van der Waals surface area contributed by atoms with E-state index in [0.717, 1.165) is 17.2 Å². The number of para-hydroxylation sites is 2. The molecule has 0 spiro atoms. The van der Waals surface area contributed by atoms with Crippen molar-refractivity contribution in [3.63, 3.8) is 0 Å². The Morgan fingerprint density at radius 2 is 2.05 bits per heavy atom. The Morgan fingerprint density at radius 1 is 1.26 bits per heavy atom. The first-order valence-electron chi connectivity index (χ1n) is 6.87. The molecule has 0 aromatic heterocycles. The Morgan fingerprint density at radius 3 is 2.79 bits per heavy atom. The van der Waals surface area contributed by atoms with Crippen LogP contribution >= 0.6 is 11.8 Å². The van der Waals surface area contributed by atoms with Crippen LogP contribution in [0.2, 0.25) is 0 Å². The van der Waals surface area contributed by atoms with E-state index in [1.807, 2.05) is 31.2 Å². The highest BCUT2D eigenvalue weighted by atomic mass is 32.2. The van der Waals surface area contributed by atoms with Gasteiger partial charge >= 0.3 is 0 Å². The smallest absolute Gasteiger partial charge is 0.234 e. The molecule has 1 rings (SSSR count). The molecule has 19 heavy (non-hydrogen) atoms. The fourth-order valence-corrected chi connectivity index (χ4v) is 2.47. The highest BCUT2D eigenvalue weighted by Crippen LogP contribution is 2.23. The summed E-state index contributed by atoms with van der Waals surface area (Å²) in [6.45, 7) is 4.71. The SMILES string of the molecule is CCCCCSCC(=O)Nc1ccccc1OCC. The summed E-state index contributed by atoms with van der Waals surface area (Å²) in [6, 6.07) is 7.53. The van der Waals surface area contributed by atoms with Crippen LogP contribution in [-0.2, 0) is 4.79 Å². The number of unbranched alkanes of at least 4 members (excludes halogenated alkanes) is 2. The lowest BCUT2D eigenvalue weighted by molar-refractivity contribution is -0.113. The van der Waals surface area contributed by atoms with Crippen molar-refractivity contribution in [3.05, 3.63) is 24.3 Å². The van der Waals surface area contributed by atoms with E-state index in [9.17, 15) is 4.79 Å². The van der Waals surface area contributed by atoms with Crippen LogP contribution in [0.15, 0.2) is 24.3 Å². The minimum atomic E-state index is 0.0358. The van der Waals surface area contributed by atoms with Crippen molar-refractivity contribution in [1.82, 2.24) is 0 Å². The molecule has 0 atom stereocenters. The number of amides is 1. The van der Waals surface area contributed by atoms with Gasteiger partial charge in [0.15, 0.2) is 0 Å². The average Bonchev–Trinajstić information content (AvgIpc) is 2.41. The molecule has 0 fully saturated rings. The largest absolute Gasteiger partial charge is 0.492 e. The van der Waals surface area contributed by atoms with Crippen molar-refractivity contribution in [3.8, 4) is 5.75 Å². The molecule has 0 heterocycles. The first kappa shape index (κ1) is 15.9. The maximum Gasteiger partial charge on any atom is 0.234 e. The second-order valence-corrected chi connectivity index (χ2v) is 5.34. The van der Waals surface area contributed by atoms with Gasteiger partial charge in [-0.25, -0.2) is 0 Å². The highest BCUT2D eigenvalue weighted by molar-refractivity contribution is 7.99.